The Labute approximate surface area is 155 Å². The van der Waals surface area contributed by atoms with Crippen LogP contribution >= 0.6 is 0 Å². The molecular weight excluding hydrogens is 322 g/mol. The number of rotatable bonds is 2. The van der Waals surface area contributed by atoms with Crippen LogP contribution in [0.3, 0.4) is 0 Å². The van der Waals surface area contributed by atoms with Crippen LogP contribution in [0, 0.1) is 0 Å². The van der Waals surface area contributed by atoms with Gasteiger partial charge in [0, 0.05) is 35.4 Å². The average molecular weight is 349 g/mol. The fourth-order valence-corrected chi connectivity index (χ4v) is 5.20. The van der Waals surface area contributed by atoms with Crippen LogP contribution in [0.5, 0.6) is 0 Å². The van der Waals surface area contributed by atoms with Crippen molar-refractivity contribution in [2.75, 3.05) is 24.5 Å². The highest BCUT2D eigenvalue weighted by molar-refractivity contribution is 5.74. The van der Waals surface area contributed by atoms with Crippen LogP contribution in [0.2, 0.25) is 0 Å². The minimum Gasteiger partial charge on any atom is -0.326 e. The van der Waals surface area contributed by atoms with Gasteiger partial charge in [0.05, 0.1) is 0 Å². The van der Waals surface area contributed by atoms with Gasteiger partial charge < -0.3 is 16.0 Å². The summed E-state index contributed by atoms with van der Waals surface area (Å²) in [6.45, 7) is 6.10. The first-order valence-corrected chi connectivity index (χ1v) is 9.87. The highest BCUT2D eigenvalue weighted by atomic mass is 15.2. The van der Waals surface area contributed by atoms with E-state index < -0.39 is 0 Å². The van der Waals surface area contributed by atoms with Crippen LogP contribution in [-0.2, 0) is 18.4 Å². The van der Waals surface area contributed by atoms with Gasteiger partial charge in [-0.1, -0.05) is 19.1 Å². The Morgan fingerprint density at radius 1 is 1.27 bits per heavy atom. The van der Waals surface area contributed by atoms with Crippen LogP contribution in [0.1, 0.15) is 54.5 Å². The van der Waals surface area contributed by atoms with Crippen molar-refractivity contribution in [1.82, 2.24) is 15.3 Å². The Bertz CT molecular complexity index is 840. The molecule has 1 spiro atoms. The molecule has 1 aromatic carbocycles. The van der Waals surface area contributed by atoms with E-state index in [1.54, 1.807) is 6.33 Å². The second kappa shape index (κ2) is 6.03. The van der Waals surface area contributed by atoms with E-state index in [9.17, 15) is 0 Å². The second-order valence-corrected chi connectivity index (χ2v) is 8.17. The predicted molar refractivity (Wildman–Crippen MR) is 104 cm³/mol. The quantitative estimate of drug-likeness (QED) is 0.873. The topological polar surface area (TPSA) is 67.1 Å². The fourth-order valence-electron chi connectivity index (χ4n) is 5.20. The lowest BCUT2D eigenvalue weighted by Crippen LogP contribution is -2.42. The molecule has 1 saturated heterocycles. The maximum absolute atomic E-state index is 5.95. The van der Waals surface area contributed by atoms with Gasteiger partial charge >= 0.3 is 0 Å². The van der Waals surface area contributed by atoms with Gasteiger partial charge in [0.1, 0.15) is 12.1 Å². The summed E-state index contributed by atoms with van der Waals surface area (Å²) in [7, 11) is 0. The first-order valence-electron chi connectivity index (χ1n) is 9.87. The summed E-state index contributed by atoms with van der Waals surface area (Å²) < 4.78 is 0. The van der Waals surface area contributed by atoms with E-state index >= 15 is 0 Å². The van der Waals surface area contributed by atoms with E-state index in [4.69, 9.17) is 10.7 Å². The van der Waals surface area contributed by atoms with E-state index in [0.717, 1.165) is 31.9 Å². The molecule has 3 aliphatic rings. The number of nitrogens with two attached hydrogens (primary N) is 1. The van der Waals surface area contributed by atoms with Gasteiger partial charge in [-0.05, 0) is 61.9 Å². The first kappa shape index (κ1) is 16.2. The van der Waals surface area contributed by atoms with Crippen molar-refractivity contribution in [3.63, 3.8) is 0 Å². The molecule has 5 heteroatoms. The third kappa shape index (κ3) is 2.30. The number of hydrogen-bond acceptors (Lipinski definition) is 5. The molecule has 2 aromatic rings. The molecule has 0 radical (unpaired) electrons. The molecule has 1 aromatic heterocycles. The van der Waals surface area contributed by atoms with Gasteiger partial charge in [0.15, 0.2) is 0 Å². The van der Waals surface area contributed by atoms with Crippen molar-refractivity contribution in [2.45, 2.75) is 50.5 Å². The number of piperidine rings is 1. The molecule has 136 valence electrons. The standard InChI is InChI=1S/C21H27N5/c1-14-2-4-17-19(14)20(25-13-24-17)26-12-21(6-8-23-9-7-21)16-10-15(11-22)3-5-18(16)26/h3,5,10,13-14,23H,2,4,6-9,11-12,22H2,1H3/t14-/m1/s1. The Morgan fingerprint density at radius 2 is 2.12 bits per heavy atom. The van der Waals surface area contributed by atoms with Crippen molar-refractivity contribution in [3.8, 4) is 0 Å². The molecule has 3 N–H and O–H groups in total. The lowest BCUT2D eigenvalue weighted by atomic mass is 9.74. The minimum absolute atomic E-state index is 0.214. The normalized spacial score (nSPS) is 23.3. The van der Waals surface area contributed by atoms with Crippen molar-refractivity contribution in [1.29, 1.82) is 0 Å². The highest BCUT2D eigenvalue weighted by Crippen LogP contribution is 2.50. The Hall–Kier alpha value is -1.98. The van der Waals surface area contributed by atoms with Crippen LogP contribution in [0.25, 0.3) is 0 Å². The zero-order valence-corrected chi connectivity index (χ0v) is 15.5. The lowest BCUT2D eigenvalue weighted by Gasteiger charge is -2.35. The van der Waals surface area contributed by atoms with Gasteiger partial charge in [-0.15, -0.1) is 0 Å². The molecule has 26 heavy (non-hydrogen) atoms. The fraction of sp³-hybridized carbons (Fsp3) is 0.524. The molecule has 2 aliphatic heterocycles. The summed E-state index contributed by atoms with van der Waals surface area (Å²) in [5.41, 5.74) is 12.8. The van der Waals surface area contributed by atoms with Crippen molar-refractivity contribution >= 4 is 11.5 Å². The summed E-state index contributed by atoms with van der Waals surface area (Å²) in [5.74, 6) is 1.68. The molecule has 1 atom stereocenters. The highest BCUT2D eigenvalue weighted by Gasteiger charge is 2.45. The third-order valence-corrected chi connectivity index (χ3v) is 6.69. The summed E-state index contributed by atoms with van der Waals surface area (Å²) in [6, 6.07) is 6.80. The molecule has 1 aliphatic carbocycles. The van der Waals surface area contributed by atoms with Crippen LogP contribution in [-0.4, -0.2) is 29.6 Å². The lowest BCUT2D eigenvalue weighted by molar-refractivity contribution is 0.329. The van der Waals surface area contributed by atoms with Gasteiger partial charge in [0.2, 0.25) is 0 Å². The summed E-state index contributed by atoms with van der Waals surface area (Å²) >= 11 is 0. The van der Waals surface area contributed by atoms with Crippen LogP contribution < -0.4 is 16.0 Å². The smallest absolute Gasteiger partial charge is 0.140 e. The summed E-state index contributed by atoms with van der Waals surface area (Å²) in [6.07, 6.45) is 6.37. The van der Waals surface area contributed by atoms with E-state index in [1.807, 2.05) is 0 Å². The average Bonchev–Trinajstić information content (AvgIpc) is 3.21. The Kier molecular flexibility index (Phi) is 3.76. The van der Waals surface area contributed by atoms with Gasteiger partial charge in [-0.2, -0.15) is 0 Å². The molecular formula is C21H27N5. The Balaban J connectivity index is 1.66. The maximum Gasteiger partial charge on any atom is 0.140 e. The van der Waals surface area contributed by atoms with Gasteiger partial charge in [-0.25, -0.2) is 9.97 Å². The first-order chi connectivity index (χ1) is 12.7. The van der Waals surface area contributed by atoms with Crippen LogP contribution in [0.15, 0.2) is 24.5 Å². The van der Waals surface area contributed by atoms with Gasteiger partial charge in [-0.3, -0.25) is 0 Å². The largest absolute Gasteiger partial charge is 0.326 e. The Morgan fingerprint density at radius 3 is 2.92 bits per heavy atom. The van der Waals surface area contributed by atoms with Crippen LogP contribution in [0.4, 0.5) is 11.5 Å². The molecule has 0 bridgehead atoms. The molecule has 5 rings (SSSR count). The summed E-state index contributed by atoms with van der Waals surface area (Å²) in [5, 5.41) is 3.53. The monoisotopic (exact) mass is 349 g/mol. The number of aryl methyl sites for hydroxylation is 1. The molecule has 0 unspecified atom stereocenters. The van der Waals surface area contributed by atoms with Crippen molar-refractivity contribution in [2.24, 2.45) is 5.73 Å². The number of fused-ring (bicyclic) bond motifs is 3. The number of anilines is 2. The maximum atomic E-state index is 5.95. The van der Waals surface area contributed by atoms with Crippen molar-refractivity contribution < 1.29 is 0 Å². The molecule has 1 fully saturated rings. The summed E-state index contributed by atoms with van der Waals surface area (Å²) in [4.78, 5) is 11.8. The predicted octanol–water partition coefficient (Wildman–Crippen LogP) is 2.76. The number of nitrogens with one attached hydrogen (secondary N) is 1. The third-order valence-electron chi connectivity index (χ3n) is 6.69. The number of hydrogen-bond donors (Lipinski definition) is 2. The molecule has 0 amide bonds. The zero-order valence-electron chi connectivity index (χ0n) is 15.5. The van der Waals surface area contributed by atoms with Crippen molar-refractivity contribution in [3.05, 3.63) is 46.9 Å². The number of benzene rings is 1. The van der Waals surface area contributed by atoms with Gasteiger partial charge in [0.25, 0.3) is 0 Å². The SMILES string of the molecule is C[C@@H]1CCc2ncnc(N3CC4(CCNCC4)c4cc(CN)ccc43)c21. The number of nitrogens with zero attached hydrogens (tertiary/aromatic N) is 3. The molecule has 0 saturated carbocycles. The van der Waals surface area contributed by atoms with E-state index in [-0.39, 0.29) is 5.41 Å². The number of aromatic nitrogens is 2. The van der Waals surface area contributed by atoms with E-state index in [2.05, 4.69) is 40.3 Å². The minimum atomic E-state index is 0.214. The van der Waals surface area contributed by atoms with E-state index in [1.165, 1.54) is 47.3 Å². The van der Waals surface area contributed by atoms with E-state index in [0.29, 0.717) is 12.5 Å². The molecule has 3 heterocycles. The molecule has 5 nitrogen and oxygen atoms in total. The second-order valence-electron chi connectivity index (χ2n) is 8.17. The zero-order chi connectivity index (χ0) is 17.7.